The van der Waals surface area contributed by atoms with Gasteiger partial charge in [-0.1, -0.05) is 39.7 Å². The first kappa shape index (κ1) is 15.5. The number of aryl methyl sites for hydroxylation is 1. The van der Waals surface area contributed by atoms with Gasteiger partial charge >= 0.3 is 5.69 Å². The Hall–Kier alpha value is -1.92. The Kier molecular flexibility index (Phi) is 4.59. The third-order valence-electron chi connectivity index (χ3n) is 2.86. The highest BCUT2D eigenvalue weighted by molar-refractivity contribution is 9.10. The number of anilines is 1. The van der Waals surface area contributed by atoms with Crippen molar-refractivity contribution in [3.63, 3.8) is 0 Å². The molecule has 0 heterocycles. The summed E-state index contributed by atoms with van der Waals surface area (Å²) in [6.45, 7) is 1.83. The molecule has 2 aromatic carbocycles. The lowest BCUT2D eigenvalue weighted by atomic mass is 10.1. The predicted molar refractivity (Wildman–Crippen MR) is 84.9 cm³/mol. The second kappa shape index (κ2) is 6.24. The topological polar surface area (TPSA) is 72.2 Å². The summed E-state index contributed by atoms with van der Waals surface area (Å²) in [5, 5.41) is 13.6. The van der Waals surface area contributed by atoms with Crippen LogP contribution in [0.2, 0.25) is 5.02 Å². The minimum absolute atomic E-state index is 0.0707. The van der Waals surface area contributed by atoms with Crippen molar-refractivity contribution in [2.45, 2.75) is 6.92 Å². The lowest BCUT2D eigenvalue weighted by molar-refractivity contribution is -0.385. The van der Waals surface area contributed by atoms with Gasteiger partial charge in [0.25, 0.3) is 5.91 Å². The average molecular weight is 370 g/mol. The number of hydrogen-bond donors (Lipinski definition) is 1. The van der Waals surface area contributed by atoms with Crippen LogP contribution < -0.4 is 5.32 Å². The number of carbonyl (C=O) groups excluding carboxylic acids is 1. The number of nitrogens with zero attached hydrogens (tertiary/aromatic N) is 1. The number of nitrogens with one attached hydrogen (secondary N) is 1. The maximum Gasteiger partial charge on any atom is 0.300 e. The number of carbonyl (C=O) groups is 1. The molecule has 108 valence electrons. The monoisotopic (exact) mass is 368 g/mol. The largest absolute Gasteiger partial charge is 0.321 e. The number of nitro benzene ring substituents is 1. The molecule has 21 heavy (non-hydrogen) atoms. The third kappa shape index (κ3) is 3.40. The van der Waals surface area contributed by atoms with Crippen LogP contribution in [0.25, 0.3) is 0 Å². The SMILES string of the molecule is Cc1ccc(Br)cc1NC(=O)c1cccc(Cl)c1[N+](=O)[O-]. The molecule has 0 bridgehead atoms. The molecule has 0 saturated carbocycles. The van der Waals surface area contributed by atoms with E-state index >= 15 is 0 Å². The number of nitro groups is 1. The van der Waals surface area contributed by atoms with Crippen molar-refractivity contribution < 1.29 is 9.72 Å². The first-order valence-corrected chi connectivity index (χ1v) is 7.07. The maximum atomic E-state index is 12.3. The first-order valence-electron chi connectivity index (χ1n) is 5.90. The zero-order chi connectivity index (χ0) is 15.6. The van der Waals surface area contributed by atoms with E-state index in [1.165, 1.54) is 18.2 Å². The lowest BCUT2D eigenvalue weighted by Crippen LogP contribution is -2.14. The van der Waals surface area contributed by atoms with Gasteiger partial charge in [-0.2, -0.15) is 0 Å². The fourth-order valence-corrected chi connectivity index (χ4v) is 2.41. The van der Waals surface area contributed by atoms with Crippen LogP contribution in [0.4, 0.5) is 11.4 Å². The summed E-state index contributed by atoms with van der Waals surface area (Å²) in [6, 6.07) is 9.63. The predicted octanol–water partition coefficient (Wildman–Crippen LogP) is 4.57. The van der Waals surface area contributed by atoms with Crippen molar-refractivity contribution in [3.05, 3.63) is 67.1 Å². The first-order chi connectivity index (χ1) is 9.90. The summed E-state index contributed by atoms with van der Waals surface area (Å²) in [7, 11) is 0. The van der Waals surface area contributed by atoms with Gasteiger partial charge in [0, 0.05) is 10.2 Å². The van der Waals surface area contributed by atoms with Gasteiger partial charge < -0.3 is 5.32 Å². The molecule has 0 aliphatic carbocycles. The summed E-state index contributed by atoms with van der Waals surface area (Å²) in [4.78, 5) is 22.7. The second-order valence-electron chi connectivity index (χ2n) is 4.31. The summed E-state index contributed by atoms with van der Waals surface area (Å²) in [6.07, 6.45) is 0. The average Bonchev–Trinajstić information content (AvgIpc) is 2.42. The van der Waals surface area contributed by atoms with E-state index in [1.807, 2.05) is 19.1 Å². The smallest absolute Gasteiger partial charge is 0.300 e. The van der Waals surface area contributed by atoms with Gasteiger partial charge in [0.1, 0.15) is 10.6 Å². The molecule has 1 amide bonds. The van der Waals surface area contributed by atoms with Crippen molar-refractivity contribution in [2.24, 2.45) is 0 Å². The zero-order valence-electron chi connectivity index (χ0n) is 10.9. The number of amides is 1. The van der Waals surface area contributed by atoms with E-state index in [9.17, 15) is 14.9 Å². The number of benzene rings is 2. The minimum Gasteiger partial charge on any atom is -0.321 e. The Morgan fingerprint density at radius 1 is 1.33 bits per heavy atom. The number of rotatable bonds is 3. The van der Waals surface area contributed by atoms with Crippen LogP contribution in [-0.2, 0) is 0 Å². The van der Waals surface area contributed by atoms with E-state index < -0.39 is 16.5 Å². The fourth-order valence-electron chi connectivity index (χ4n) is 1.80. The van der Waals surface area contributed by atoms with E-state index in [0.29, 0.717) is 5.69 Å². The third-order valence-corrected chi connectivity index (χ3v) is 3.66. The Labute approximate surface area is 134 Å². The highest BCUT2D eigenvalue weighted by Gasteiger charge is 2.23. The van der Waals surface area contributed by atoms with Crippen LogP contribution in [0.5, 0.6) is 0 Å². The lowest BCUT2D eigenvalue weighted by Gasteiger charge is -2.09. The van der Waals surface area contributed by atoms with E-state index in [1.54, 1.807) is 6.07 Å². The molecule has 0 atom stereocenters. The molecule has 5 nitrogen and oxygen atoms in total. The van der Waals surface area contributed by atoms with Crippen molar-refractivity contribution in [1.29, 1.82) is 0 Å². The van der Waals surface area contributed by atoms with Crippen molar-refractivity contribution in [1.82, 2.24) is 0 Å². The van der Waals surface area contributed by atoms with Crippen LogP contribution in [0.3, 0.4) is 0 Å². The highest BCUT2D eigenvalue weighted by Crippen LogP contribution is 2.29. The normalized spacial score (nSPS) is 10.2. The molecule has 0 aromatic heterocycles. The van der Waals surface area contributed by atoms with Gasteiger partial charge in [-0.25, -0.2) is 0 Å². The second-order valence-corrected chi connectivity index (χ2v) is 5.63. The van der Waals surface area contributed by atoms with Gasteiger partial charge in [0.15, 0.2) is 0 Å². The van der Waals surface area contributed by atoms with Gasteiger partial charge in [0.05, 0.1) is 4.92 Å². The number of hydrogen-bond acceptors (Lipinski definition) is 3. The van der Waals surface area contributed by atoms with Crippen LogP contribution >= 0.6 is 27.5 Å². The summed E-state index contributed by atoms with van der Waals surface area (Å²) in [5.41, 5.74) is 0.941. The molecular formula is C14H10BrClN2O3. The van der Waals surface area contributed by atoms with E-state index in [-0.39, 0.29) is 10.6 Å². The summed E-state index contributed by atoms with van der Waals surface area (Å²) < 4.78 is 0.795. The van der Waals surface area contributed by atoms with Crippen LogP contribution in [0.15, 0.2) is 40.9 Å². The molecule has 0 spiro atoms. The summed E-state index contributed by atoms with van der Waals surface area (Å²) in [5.74, 6) is -0.578. The molecule has 0 aliphatic rings. The molecule has 1 N–H and O–H groups in total. The zero-order valence-corrected chi connectivity index (χ0v) is 13.2. The van der Waals surface area contributed by atoms with Gasteiger partial charge in [-0.3, -0.25) is 14.9 Å². The Balaban J connectivity index is 2.40. The maximum absolute atomic E-state index is 12.3. The molecule has 0 aliphatic heterocycles. The highest BCUT2D eigenvalue weighted by atomic mass is 79.9. The molecule has 7 heteroatoms. The molecule has 0 saturated heterocycles. The van der Waals surface area contributed by atoms with Gasteiger partial charge in [0.2, 0.25) is 0 Å². The molecule has 0 unspecified atom stereocenters. The van der Waals surface area contributed by atoms with Crippen LogP contribution in [0, 0.1) is 17.0 Å². The van der Waals surface area contributed by atoms with Gasteiger partial charge in [-0.05, 0) is 36.8 Å². The quantitative estimate of drug-likeness (QED) is 0.636. The summed E-state index contributed by atoms with van der Waals surface area (Å²) >= 11 is 9.11. The van der Waals surface area contributed by atoms with Crippen molar-refractivity contribution in [2.75, 3.05) is 5.32 Å². The van der Waals surface area contributed by atoms with Crippen LogP contribution in [-0.4, -0.2) is 10.8 Å². The Bertz CT molecular complexity index is 734. The molecule has 2 rings (SSSR count). The van der Waals surface area contributed by atoms with Crippen LogP contribution in [0.1, 0.15) is 15.9 Å². The standard InChI is InChI=1S/C14H10BrClN2O3/c1-8-5-6-9(15)7-12(8)17-14(19)10-3-2-4-11(16)13(10)18(20)21/h2-7H,1H3,(H,17,19). The fraction of sp³-hybridized carbons (Fsp3) is 0.0714. The number of halogens is 2. The molecule has 2 aromatic rings. The Morgan fingerprint density at radius 3 is 2.71 bits per heavy atom. The number of para-hydroxylation sites is 1. The van der Waals surface area contributed by atoms with Gasteiger partial charge in [-0.15, -0.1) is 0 Å². The molecule has 0 fully saturated rings. The van der Waals surface area contributed by atoms with Crippen molar-refractivity contribution in [3.8, 4) is 0 Å². The Morgan fingerprint density at radius 2 is 2.05 bits per heavy atom. The van der Waals surface area contributed by atoms with E-state index in [4.69, 9.17) is 11.6 Å². The van der Waals surface area contributed by atoms with Crippen molar-refractivity contribution >= 4 is 44.8 Å². The molecule has 0 radical (unpaired) electrons. The van der Waals surface area contributed by atoms with E-state index in [0.717, 1.165) is 10.0 Å². The van der Waals surface area contributed by atoms with E-state index in [2.05, 4.69) is 21.2 Å². The molecular weight excluding hydrogens is 360 g/mol. The minimum atomic E-state index is -0.662.